The highest BCUT2D eigenvalue weighted by Gasteiger charge is 1.43. The highest BCUT2D eigenvalue weighted by Crippen LogP contribution is 1.43. The summed E-state index contributed by atoms with van der Waals surface area (Å²) in [5.41, 5.74) is 0. The summed E-state index contributed by atoms with van der Waals surface area (Å²) < 4.78 is 0. The quantitative estimate of drug-likeness (QED) is 0.334. The first-order chi connectivity index (χ1) is 15.4. The molecule has 0 aliphatic rings. The predicted octanol–water partition coefficient (Wildman–Crippen LogP) is -0.0744. The molecular formula is S31. The first-order valence-corrected chi connectivity index (χ1v) is 45.0. The van der Waals surface area contributed by atoms with Crippen LogP contribution in [0.2, 0.25) is 0 Å². The van der Waals surface area contributed by atoms with Crippen molar-refractivity contribution < 1.29 is 0 Å². The van der Waals surface area contributed by atoms with E-state index >= 15 is 0 Å². The van der Waals surface area contributed by atoms with Gasteiger partial charge in [-0.3, -0.25) is 0 Å². The van der Waals surface area contributed by atoms with Gasteiger partial charge in [0.1, 0.15) is 0 Å². The Morgan fingerprint density at radius 3 is 0.355 bits per heavy atom. The normalized spacial score (nSPS) is 7.61. The van der Waals surface area contributed by atoms with Crippen molar-refractivity contribution in [1.29, 1.82) is 0 Å². The van der Waals surface area contributed by atoms with E-state index in [1.165, 1.54) is 17.8 Å². The van der Waals surface area contributed by atoms with Gasteiger partial charge in [-0.05, 0) is 0 Å². The van der Waals surface area contributed by atoms with E-state index in [2.05, 4.69) is 0 Å². The molecule has 0 radical (unpaired) electrons. The third-order valence-electron chi connectivity index (χ3n) is 0.778. The van der Waals surface area contributed by atoms with Crippen molar-refractivity contribution in [2.45, 2.75) is 0 Å². The van der Waals surface area contributed by atoms with Crippen molar-refractivity contribution in [1.82, 2.24) is 0 Å². The van der Waals surface area contributed by atoms with Gasteiger partial charge in [0, 0.05) is 280 Å². The van der Waals surface area contributed by atoms with E-state index in [9.17, 15) is 0 Å². The molecule has 0 fully saturated rings. The third kappa shape index (κ3) is 36.8. The van der Waals surface area contributed by atoms with E-state index in [1.54, 1.807) is 107 Å². The standard InChI is InChI=1S/S31/c1-3-5-7-9-11-13-15-17-19-21-23-25-27-29-31-30-28-26-24-22-20-18-16-14-12-10-8-6-4-2. The molecule has 0 bridgehead atoms. The number of hydrogen-bond donors (Lipinski definition) is 0. The lowest BCUT2D eigenvalue weighted by atomic mass is 30.7. The summed E-state index contributed by atoms with van der Waals surface area (Å²) in [7, 11) is 50.9. The van der Waals surface area contributed by atoms with E-state index in [0.29, 0.717) is 0 Å². The molecule has 0 rings (SSSR count). The summed E-state index contributed by atoms with van der Waals surface area (Å²) in [4.78, 5) is 0. The smallest absolute Gasteiger partial charge is 0 e. The molecule has 0 saturated carbocycles. The van der Waals surface area contributed by atoms with Gasteiger partial charge in [0.25, 0.3) is 0 Å². The zero-order valence-corrected chi connectivity index (χ0v) is 38.0. The van der Waals surface area contributed by atoms with Crippen molar-refractivity contribution in [2.24, 2.45) is 0 Å². The molecule has 0 spiro atoms. The maximum atomic E-state index is 4.79. The SMILES string of the molecule is S=S=S=S=S=S=S=S=S=S=S=S=S=S=S=S=S=S=S=S=S=S=S=S=S=S=S=S=S=S=S. The Hall–Kier alpha value is 6.82. The van der Waals surface area contributed by atoms with Crippen LogP contribution in [-0.4, -0.2) is 0 Å². The Kier molecular flexibility index (Phi) is 44.9. The van der Waals surface area contributed by atoms with E-state index in [4.69, 9.17) is 22.4 Å². The summed E-state index contributed by atoms with van der Waals surface area (Å²) in [5.74, 6) is 0. The second-order valence-corrected chi connectivity index (χ2v) is 53.3. The van der Waals surface area contributed by atoms with Gasteiger partial charge in [0.15, 0.2) is 0 Å². The Morgan fingerprint density at radius 2 is 0.258 bits per heavy atom. The molecule has 0 heterocycles. The van der Waals surface area contributed by atoms with Gasteiger partial charge in [0.2, 0.25) is 0 Å². The van der Waals surface area contributed by atoms with Crippen LogP contribution in [-0.2, 0) is 280 Å². The van der Waals surface area contributed by atoms with Crippen LogP contribution in [0.4, 0.5) is 0 Å². The molecule has 0 aliphatic carbocycles. The predicted molar refractivity (Wildman–Crippen MR) is 228 cm³/mol. The van der Waals surface area contributed by atoms with Crippen molar-refractivity contribution in [3.05, 3.63) is 0 Å². The zero-order valence-electron chi connectivity index (χ0n) is 12.7. The molecule has 0 N–H and O–H groups in total. The van der Waals surface area contributed by atoms with Gasteiger partial charge in [-0.1, -0.05) is 0 Å². The molecule has 0 atom stereocenters. The maximum Gasteiger partial charge on any atom is 0 e. The van der Waals surface area contributed by atoms with Gasteiger partial charge >= 0.3 is 0 Å². The van der Waals surface area contributed by atoms with Crippen LogP contribution in [0.25, 0.3) is 0 Å². The lowest BCUT2D eigenvalue weighted by Crippen LogP contribution is -1.41. The fourth-order valence-corrected chi connectivity index (χ4v) is 74.4. The summed E-state index contributed by atoms with van der Waals surface area (Å²) in [5, 5.41) is 0. The van der Waals surface area contributed by atoms with Crippen molar-refractivity contribution >= 4 is 280 Å². The largest absolute Gasteiger partial charge is 0 e. The summed E-state index contributed by atoms with van der Waals surface area (Å²) >= 11 is 9.58. The van der Waals surface area contributed by atoms with Crippen LogP contribution in [0.15, 0.2) is 0 Å². The second-order valence-electron chi connectivity index (χ2n) is 1.97. The van der Waals surface area contributed by atoms with E-state index in [1.807, 2.05) is 133 Å². The second kappa shape index (κ2) is 36.8. The van der Waals surface area contributed by atoms with Gasteiger partial charge in [0.05, 0.1) is 0 Å². The number of hydrogen-bond acceptors (Lipinski definition) is 2. The molecule has 0 aromatic rings. The number of rotatable bonds is 0. The minimum atomic E-state index is 1.37. The van der Waals surface area contributed by atoms with Crippen molar-refractivity contribution in [2.75, 3.05) is 0 Å². The molecule has 31 heavy (non-hydrogen) atoms. The van der Waals surface area contributed by atoms with E-state index in [-0.39, 0.29) is 0 Å². The topological polar surface area (TPSA) is 0 Å². The summed E-state index contributed by atoms with van der Waals surface area (Å²) in [6.07, 6.45) is 0. The van der Waals surface area contributed by atoms with Crippen LogP contribution in [0, 0.1) is 0 Å². The van der Waals surface area contributed by atoms with Crippen molar-refractivity contribution in [3.8, 4) is 0 Å². The highest BCUT2D eigenvalue weighted by molar-refractivity contribution is 8.80. The average molecular weight is 994 g/mol. The van der Waals surface area contributed by atoms with Crippen LogP contribution in [0.3, 0.4) is 0 Å². The highest BCUT2D eigenvalue weighted by atomic mass is 33.5. The maximum absolute atomic E-state index is 4.79. The molecule has 0 unspecified atom stereocenters. The molecule has 0 amide bonds. The average Bonchev–Trinajstić information content (AvgIpc) is 2.78. The third-order valence-corrected chi connectivity index (χ3v) is 63.0. The Labute approximate surface area is 272 Å². The molecule has 0 aromatic carbocycles. The van der Waals surface area contributed by atoms with Gasteiger partial charge in [-0.15, -0.1) is 0 Å². The molecular weight excluding hydrogens is 994 g/mol. The monoisotopic (exact) mass is 991 g/mol. The lowest BCUT2D eigenvalue weighted by Gasteiger charge is -1.41. The minimum absolute atomic E-state index is 1.37. The molecule has 0 nitrogen and oxygen atoms in total. The molecule has 0 aromatic heterocycles. The Balaban J connectivity index is 5.96. The van der Waals surface area contributed by atoms with Gasteiger partial charge in [-0.25, -0.2) is 0 Å². The molecule has 31 heteroatoms. The Morgan fingerprint density at radius 1 is 0.161 bits per heavy atom. The zero-order chi connectivity index (χ0) is 22.5. The van der Waals surface area contributed by atoms with Crippen LogP contribution in [0.1, 0.15) is 0 Å². The summed E-state index contributed by atoms with van der Waals surface area (Å²) in [6.45, 7) is 0. The molecule has 0 saturated heterocycles. The van der Waals surface area contributed by atoms with E-state index < -0.39 is 0 Å². The fourth-order valence-electron chi connectivity index (χ4n) is 0.306. The first kappa shape index (κ1) is 37.8. The first-order valence-electron chi connectivity index (χ1n) is 5.00. The molecule has 0 aliphatic heterocycles. The summed E-state index contributed by atoms with van der Waals surface area (Å²) in [6, 6.07) is 0. The van der Waals surface area contributed by atoms with E-state index in [0.717, 1.165) is 0 Å². The van der Waals surface area contributed by atoms with Crippen LogP contribution < -0.4 is 0 Å². The lowest BCUT2D eigenvalue weighted by molar-refractivity contribution is 5.96. The van der Waals surface area contributed by atoms with Gasteiger partial charge < -0.3 is 0 Å². The van der Waals surface area contributed by atoms with Crippen LogP contribution in [0.5, 0.6) is 0 Å². The van der Waals surface area contributed by atoms with Crippen LogP contribution >= 0.6 is 0 Å². The molecule has 186 valence electrons. The fraction of sp³-hybridized carbons (Fsp3) is 0. The Bertz CT molecular complexity index is 1730. The van der Waals surface area contributed by atoms with Gasteiger partial charge in [-0.2, -0.15) is 0 Å². The van der Waals surface area contributed by atoms with Crippen molar-refractivity contribution in [3.63, 3.8) is 0 Å². The minimum Gasteiger partial charge on any atom is 0 e.